The minimum Gasteiger partial charge on any atom is -0.478 e. The predicted octanol–water partition coefficient (Wildman–Crippen LogP) is 3.74. The maximum Gasteiger partial charge on any atom is 0.338 e. The average molecular weight is 308 g/mol. The topological polar surface area (TPSA) is 66.4 Å². The van der Waals surface area contributed by atoms with Crippen LogP contribution in [0.2, 0.25) is 5.02 Å². The Morgan fingerprint density at radius 2 is 1.86 bits per heavy atom. The second kappa shape index (κ2) is 5.93. The van der Waals surface area contributed by atoms with Gasteiger partial charge < -0.3 is 10.4 Å². The van der Waals surface area contributed by atoms with E-state index in [1.54, 1.807) is 12.1 Å². The Kier molecular flexibility index (Phi) is 4.23. The summed E-state index contributed by atoms with van der Waals surface area (Å²) >= 11 is 5.81. The fourth-order valence-corrected chi connectivity index (χ4v) is 2.03. The second-order valence-corrected chi connectivity index (χ2v) is 4.79. The highest BCUT2D eigenvalue weighted by Gasteiger charge is 2.18. The number of aromatic carboxylic acids is 1. The number of carbonyl (C=O) groups is 2. The van der Waals surface area contributed by atoms with E-state index >= 15 is 0 Å². The molecule has 0 unspecified atom stereocenters. The number of anilines is 1. The number of para-hydroxylation sites is 1. The lowest BCUT2D eigenvalue weighted by Gasteiger charge is -2.10. The van der Waals surface area contributed by atoms with Crippen molar-refractivity contribution in [2.24, 2.45) is 0 Å². The Hall–Kier alpha value is -2.40. The van der Waals surface area contributed by atoms with Crippen molar-refractivity contribution in [1.82, 2.24) is 0 Å². The fraction of sp³-hybridized carbons (Fsp3) is 0.0667. The zero-order valence-corrected chi connectivity index (χ0v) is 11.7. The first-order valence-corrected chi connectivity index (χ1v) is 6.37. The molecule has 0 aliphatic heterocycles. The molecule has 0 bridgehead atoms. The molecule has 1 amide bonds. The molecule has 2 aromatic rings. The minimum atomic E-state index is -1.46. The molecule has 0 radical (unpaired) electrons. The van der Waals surface area contributed by atoms with E-state index in [9.17, 15) is 14.0 Å². The van der Waals surface area contributed by atoms with Crippen LogP contribution in [0.5, 0.6) is 0 Å². The molecule has 0 saturated heterocycles. The van der Waals surface area contributed by atoms with Gasteiger partial charge in [-0.05, 0) is 30.7 Å². The van der Waals surface area contributed by atoms with Gasteiger partial charge in [-0.2, -0.15) is 0 Å². The number of hydrogen-bond donors (Lipinski definition) is 2. The molecule has 6 heteroatoms. The minimum absolute atomic E-state index is 0.0984. The summed E-state index contributed by atoms with van der Waals surface area (Å²) in [6, 6.07) is 8.81. The van der Waals surface area contributed by atoms with Crippen molar-refractivity contribution in [2.45, 2.75) is 6.92 Å². The van der Waals surface area contributed by atoms with Crippen molar-refractivity contribution in [3.8, 4) is 0 Å². The Morgan fingerprint density at radius 1 is 1.19 bits per heavy atom. The number of rotatable bonds is 3. The van der Waals surface area contributed by atoms with Gasteiger partial charge in [0, 0.05) is 5.69 Å². The molecule has 2 aromatic carbocycles. The molecule has 0 fully saturated rings. The molecule has 0 saturated carbocycles. The fourth-order valence-electron chi connectivity index (χ4n) is 1.79. The molecule has 108 valence electrons. The highest BCUT2D eigenvalue weighted by Crippen LogP contribution is 2.23. The van der Waals surface area contributed by atoms with Gasteiger partial charge in [-0.1, -0.05) is 29.8 Å². The number of nitrogens with one attached hydrogen (secondary N) is 1. The summed E-state index contributed by atoms with van der Waals surface area (Å²) in [6.07, 6.45) is 0. The van der Waals surface area contributed by atoms with Crippen molar-refractivity contribution in [2.75, 3.05) is 5.32 Å². The molecular weight excluding hydrogens is 297 g/mol. The smallest absolute Gasteiger partial charge is 0.338 e. The molecule has 0 spiro atoms. The second-order valence-electron chi connectivity index (χ2n) is 4.39. The van der Waals surface area contributed by atoms with Crippen LogP contribution < -0.4 is 5.32 Å². The largest absolute Gasteiger partial charge is 0.478 e. The Balaban J connectivity index is 2.38. The molecule has 0 atom stereocenters. The van der Waals surface area contributed by atoms with Crippen LogP contribution >= 0.6 is 11.6 Å². The number of benzene rings is 2. The normalized spacial score (nSPS) is 10.2. The van der Waals surface area contributed by atoms with Crippen LogP contribution in [0, 0.1) is 12.7 Å². The van der Waals surface area contributed by atoms with Crippen molar-refractivity contribution in [3.05, 3.63) is 63.9 Å². The number of halogens is 2. The van der Waals surface area contributed by atoms with Gasteiger partial charge in [0.25, 0.3) is 5.91 Å². The zero-order valence-electron chi connectivity index (χ0n) is 11.0. The molecular formula is C15H11ClFNO3. The third kappa shape index (κ3) is 3.20. The van der Waals surface area contributed by atoms with Crippen LogP contribution in [-0.4, -0.2) is 17.0 Å². The van der Waals surface area contributed by atoms with Crippen LogP contribution in [0.1, 0.15) is 26.3 Å². The number of hydrogen-bond acceptors (Lipinski definition) is 2. The quantitative estimate of drug-likeness (QED) is 0.907. The molecule has 2 N–H and O–H groups in total. The molecule has 0 aliphatic rings. The van der Waals surface area contributed by atoms with Gasteiger partial charge in [0.15, 0.2) is 0 Å². The third-order valence-corrected chi connectivity index (χ3v) is 3.24. The summed E-state index contributed by atoms with van der Waals surface area (Å²) in [6.45, 7) is 1.81. The summed E-state index contributed by atoms with van der Waals surface area (Å²) in [5.74, 6) is -3.05. The Bertz CT molecular complexity index is 731. The summed E-state index contributed by atoms with van der Waals surface area (Å²) in [5, 5.41) is 11.3. The lowest BCUT2D eigenvalue weighted by atomic mass is 10.1. The van der Waals surface area contributed by atoms with Gasteiger partial charge in [0.2, 0.25) is 0 Å². The standard InChI is InChI=1S/C15H11ClFNO3/c1-8-4-2-3-5-13(8)18-14(19)9-6-10(15(20)21)12(17)7-11(9)16/h2-7H,1H3,(H,18,19)(H,20,21). The van der Waals surface area contributed by atoms with Gasteiger partial charge in [0.1, 0.15) is 5.82 Å². The van der Waals surface area contributed by atoms with E-state index in [0.717, 1.165) is 17.7 Å². The van der Waals surface area contributed by atoms with E-state index in [0.29, 0.717) is 5.69 Å². The highest BCUT2D eigenvalue weighted by atomic mass is 35.5. The monoisotopic (exact) mass is 307 g/mol. The van der Waals surface area contributed by atoms with E-state index in [2.05, 4.69) is 5.32 Å². The number of carbonyl (C=O) groups excluding carboxylic acids is 1. The molecule has 0 heterocycles. The van der Waals surface area contributed by atoms with Crippen molar-refractivity contribution >= 4 is 29.2 Å². The Labute approximate surface area is 125 Å². The Morgan fingerprint density at radius 3 is 2.48 bits per heavy atom. The number of amides is 1. The predicted molar refractivity (Wildman–Crippen MR) is 77.5 cm³/mol. The number of carboxylic acids is 1. The van der Waals surface area contributed by atoms with Gasteiger partial charge in [-0.3, -0.25) is 4.79 Å². The van der Waals surface area contributed by atoms with Crippen molar-refractivity contribution < 1.29 is 19.1 Å². The molecule has 0 aliphatic carbocycles. The third-order valence-electron chi connectivity index (χ3n) is 2.93. The lowest BCUT2D eigenvalue weighted by Crippen LogP contribution is -2.15. The van der Waals surface area contributed by atoms with Gasteiger partial charge in [-0.25, -0.2) is 9.18 Å². The first kappa shape index (κ1) is 15.0. The first-order chi connectivity index (χ1) is 9.90. The molecule has 0 aromatic heterocycles. The van der Waals surface area contributed by atoms with Crippen LogP contribution in [0.3, 0.4) is 0 Å². The zero-order chi connectivity index (χ0) is 15.6. The van der Waals surface area contributed by atoms with Crippen LogP contribution in [-0.2, 0) is 0 Å². The van der Waals surface area contributed by atoms with Gasteiger partial charge >= 0.3 is 5.97 Å². The highest BCUT2D eigenvalue weighted by molar-refractivity contribution is 6.34. The SMILES string of the molecule is Cc1ccccc1NC(=O)c1cc(C(=O)O)c(F)cc1Cl. The summed E-state index contributed by atoms with van der Waals surface area (Å²) < 4.78 is 13.4. The van der Waals surface area contributed by atoms with E-state index in [-0.39, 0.29) is 10.6 Å². The van der Waals surface area contributed by atoms with Crippen molar-refractivity contribution in [1.29, 1.82) is 0 Å². The van der Waals surface area contributed by atoms with Crippen molar-refractivity contribution in [3.63, 3.8) is 0 Å². The van der Waals surface area contributed by atoms with E-state index in [1.807, 2.05) is 19.1 Å². The summed E-state index contributed by atoms with van der Waals surface area (Å²) in [5.41, 5.74) is 0.704. The maximum atomic E-state index is 13.4. The van der Waals surface area contributed by atoms with E-state index in [1.165, 1.54) is 0 Å². The van der Waals surface area contributed by atoms with Crippen LogP contribution in [0.15, 0.2) is 36.4 Å². The van der Waals surface area contributed by atoms with E-state index in [4.69, 9.17) is 16.7 Å². The maximum absolute atomic E-state index is 13.4. The van der Waals surface area contributed by atoms with Gasteiger partial charge in [0.05, 0.1) is 16.1 Å². The summed E-state index contributed by atoms with van der Waals surface area (Å²) in [7, 11) is 0. The lowest BCUT2D eigenvalue weighted by molar-refractivity contribution is 0.0692. The van der Waals surface area contributed by atoms with E-state index < -0.39 is 23.3 Å². The average Bonchev–Trinajstić information content (AvgIpc) is 2.40. The molecule has 4 nitrogen and oxygen atoms in total. The number of aryl methyl sites for hydroxylation is 1. The van der Waals surface area contributed by atoms with Crippen LogP contribution in [0.4, 0.5) is 10.1 Å². The first-order valence-electron chi connectivity index (χ1n) is 5.99. The summed E-state index contributed by atoms with van der Waals surface area (Å²) in [4.78, 5) is 23.1. The molecule has 2 rings (SSSR count). The van der Waals surface area contributed by atoms with Crippen LogP contribution in [0.25, 0.3) is 0 Å². The van der Waals surface area contributed by atoms with Gasteiger partial charge in [-0.15, -0.1) is 0 Å². The number of carboxylic acid groups (broad SMARTS) is 1. The molecule has 21 heavy (non-hydrogen) atoms.